The number of nitrogens with two attached hydrogens (primary N) is 1. The SMILES string of the molecule is CNC1(C(N)=O)CCCC1CCSc1ccc(F)cc1. The minimum atomic E-state index is -0.538. The Balaban J connectivity index is 1.90. The highest BCUT2D eigenvalue weighted by Gasteiger charge is 2.45. The second-order valence-corrected chi connectivity index (χ2v) is 6.43. The molecule has 1 aliphatic rings. The standard InChI is InChI=1S/C15H21FN2OS/c1-18-15(14(17)19)9-2-3-11(15)8-10-20-13-6-4-12(16)5-7-13/h4-7,11,18H,2-3,8-10H2,1H3,(H2,17,19). The third kappa shape index (κ3) is 3.15. The fraction of sp³-hybridized carbons (Fsp3) is 0.533. The molecule has 2 rings (SSSR count). The number of carbonyl (C=O) groups excluding carboxylic acids is 1. The number of nitrogens with one attached hydrogen (secondary N) is 1. The van der Waals surface area contributed by atoms with Gasteiger partial charge in [0.2, 0.25) is 5.91 Å². The summed E-state index contributed by atoms with van der Waals surface area (Å²) < 4.78 is 12.8. The highest BCUT2D eigenvalue weighted by Crippen LogP contribution is 2.38. The van der Waals surface area contributed by atoms with Crippen molar-refractivity contribution in [3.05, 3.63) is 30.1 Å². The zero-order valence-electron chi connectivity index (χ0n) is 11.7. The summed E-state index contributed by atoms with van der Waals surface area (Å²) in [5.74, 6) is 0.743. The number of likely N-dealkylation sites (N-methyl/N-ethyl adjacent to an activating group) is 1. The van der Waals surface area contributed by atoms with Gasteiger partial charge in [-0.1, -0.05) is 6.42 Å². The van der Waals surface area contributed by atoms with E-state index in [-0.39, 0.29) is 17.6 Å². The first-order chi connectivity index (χ1) is 9.58. The maximum Gasteiger partial charge on any atom is 0.238 e. The van der Waals surface area contributed by atoms with Crippen molar-refractivity contribution >= 4 is 17.7 Å². The van der Waals surface area contributed by atoms with Crippen molar-refractivity contribution in [2.75, 3.05) is 12.8 Å². The molecule has 110 valence electrons. The predicted molar refractivity (Wildman–Crippen MR) is 80.1 cm³/mol. The Kier molecular flexibility index (Phi) is 5.05. The molecule has 0 aromatic heterocycles. The molecule has 1 saturated carbocycles. The summed E-state index contributed by atoms with van der Waals surface area (Å²) >= 11 is 1.69. The zero-order valence-corrected chi connectivity index (χ0v) is 12.5. The van der Waals surface area contributed by atoms with Gasteiger partial charge in [0.05, 0.1) is 0 Å². The molecule has 0 spiro atoms. The molecular formula is C15H21FN2OS. The van der Waals surface area contributed by atoms with E-state index in [1.165, 1.54) is 12.1 Å². The number of carbonyl (C=O) groups is 1. The topological polar surface area (TPSA) is 55.1 Å². The van der Waals surface area contributed by atoms with Gasteiger partial charge < -0.3 is 11.1 Å². The Morgan fingerprint density at radius 2 is 2.20 bits per heavy atom. The average molecular weight is 296 g/mol. The molecule has 0 radical (unpaired) electrons. The van der Waals surface area contributed by atoms with E-state index in [1.807, 2.05) is 7.05 Å². The Morgan fingerprint density at radius 1 is 1.50 bits per heavy atom. The van der Waals surface area contributed by atoms with Crippen LogP contribution in [0.4, 0.5) is 4.39 Å². The Hall–Kier alpha value is -1.07. The predicted octanol–water partition coefficient (Wildman–Crippen LogP) is 2.55. The summed E-state index contributed by atoms with van der Waals surface area (Å²) in [4.78, 5) is 12.8. The molecule has 20 heavy (non-hydrogen) atoms. The van der Waals surface area contributed by atoms with Crippen LogP contribution < -0.4 is 11.1 Å². The fourth-order valence-corrected chi connectivity index (χ4v) is 4.06. The normalized spacial score (nSPS) is 25.8. The summed E-state index contributed by atoms with van der Waals surface area (Å²) in [7, 11) is 1.82. The molecule has 2 atom stereocenters. The summed E-state index contributed by atoms with van der Waals surface area (Å²) in [5.41, 5.74) is 5.04. The average Bonchev–Trinajstić information content (AvgIpc) is 2.85. The third-order valence-corrected chi connectivity index (χ3v) is 5.30. The van der Waals surface area contributed by atoms with Crippen molar-refractivity contribution in [2.45, 2.75) is 36.1 Å². The van der Waals surface area contributed by atoms with Crippen LogP contribution in [0.25, 0.3) is 0 Å². The number of halogens is 1. The number of hydrogen-bond donors (Lipinski definition) is 2. The maximum absolute atomic E-state index is 12.8. The molecule has 0 saturated heterocycles. The van der Waals surface area contributed by atoms with E-state index in [0.717, 1.165) is 36.3 Å². The summed E-state index contributed by atoms with van der Waals surface area (Å²) in [6.45, 7) is 0. The zero-order chi connectivity index (χ0) is 14.6. The molecule has 5 heteroatoms. The van der Waals surface area contributed by atoms with E-state index < -0.39 is 5.54 Å². The molecule has 3 nitrogen and oxygen atoms in total. The first kappa shape index (κ1) is 15.3. The van der Waals surface area contributed by atoms with E-state index in [9.17, 15) is 9.18 Å². The first-order valence-corrected chi connectivity index (χ1v) is 7.94. The lowest BCUT2D eigenvalue weighted by Gasteiger charge is -2.32. The smallest absolute Gasteiger partial charge is 0.238 e. The number of amides is 1. The van der Waals surface area contributed by atoms with Crippen molar-refractivity contribution in [1.82, 2.24) is 5.32 Å². The second-order valence-electron chi connectivity index (χ2n) is 5.27. The van der Waals surface area contributed by atoms with Gasteiger partial charge in [-0.05, 0) is 62.2 Å². The van der Waals surface area contributed by atoms with E-state index >= 15 is 0 Å². The van der Waals surface area contributed by atoms with E-state index in [2.05, 4.69) is 5.32 Å². The van der Waals surface area contributed by atoms with Gasteiger partial charge in [0.25, 0.3) is 0 Å². The van der Waals surface area contributed by atoms with Crippen LogP contribution in [0.15, 0.2) is 29.2 Å². The van der Waals surface area contributed by atoms with Gasteiger partial charge in [-0.3, -0.25) is 4.79 Å². The van der Waals surface area contributed by atoms with Gasteiger partial charge in [0.1, 0.15) is 11.4 Å². The van der Waals surface area contributed by atoms with Crippen molar-refractivity contribution < 1.29 is 9.18 Å². The van der Waals surface area contributed by atoms with Crippen LogP contribution in [0.3, 0.4) is 0 Å². The van der Waals surface area contributed by atoms with Crippen LogP contribution in [0.5, 0.6) is 0 Å². The number of primary amides is 1. The summed E-state index contributed by atoms with van der Waals surface area (Å²) in [6.07, 6.45) is 3.83. The second kappa shape index (κ2) is 6.59. The molecule has 0 heterocycles. The molecule has 0 aliphatic heterocycles. The summed E-state index contributed by atoms with van der Waals surface area (Å²) in [5, 5.41) is 3.15. The Labute approximate surface area is 123 Å². The molecule has 3 N–H and O–H groups in total. The van der Waals surface area contributed by atoms with Crippen LogP contribution in [-0.4, -0.2) is 24.2 Å². The molecule has 1 aromatic carbocycles. The lowest BCUT2D eigenvalue weighted by atomic mass is 9.84. The third-order valence-electron chi connectivity index (χ3n) is 4.26. The van der Waals surface area contributed by atoms with E-state index in [4.69, 9.17) is 5.73 Å². The van der Waals surface area contributed by atoms with Gasteiger partial charge in [-0.2, -0.15) is 0 Å². The lowest BCUT2D eigenvalue weighted by molar-refractivity contribution is -0.125. The molecule has 1 fully saturated rings. The molecule has 2 unspecified atom stereocenters. The van der Waals surface area contributed by atoms with Gasteiger partial charge in [0, 0.05) is 4.90 Å². The highest BCUT2D eigenvalue weighted by molar-refractivity contribution is 7.99. The Bertz CT molecular complexity index is 465. The number of benzene rings is 1. The van der Waals surface area contributed by atoms with Crippen LogP contribution >= 0.6 is 11.8 Å². The van der Waals surface area contributed by atoms with Gasteiger partial charge in [-0.15, -0.1) is 11.8 Å². The van der Waals surface area contributed by atoms with Gasteiger partial charge in [0.15, 0.2) is 0 Å². The molecule has 1 aliphatic carbocycles. The largest absolute Gasteiger partial charge is 0.368 e. The number of thioether (sulfide) groups is 1. The maximum atomic E-state index is 12.8. The molecular weight excluding hydrogens is 275 g/mol. The fourth-order valence-electron chi connectivity index (χ4n) is 3.10. The van der Waals surface area contributed by atoms with Gasteiger partial charge >= 0.3 is 0 Å². The van der Waals surface area contributed by atoms with Gasteiger partial charge in [-0.25, -0.2) is 4.39 Å². The monoisotopic (exact) mass is 296 g/mol. The van der Waals surface area contributed by atoms with Crippen LogP contribution in [-0.2, 0) is 4.79 Å². The van der Waals surface area contributed by atoms with Crippen molar-refractivity contribution in [1.29, 1.82) is 0 Å². The highest BCUT2D eigenvalue weighted by atomic mass is 32.2. The minimum Gasteiger partial charge on any atom is -0.368 e. The quantitative estimate of drug-likeness (QED) is 0.793. The molecule has 1 aromatic rings. The van der Waals surface area contributed by atoms with Crippen LogP contribution in [0.2, 0.25) is 0 Å². The Morgan fingerprint density at radius 3 is 2.80 bits per heavy atom. The number of hydrogen-bond acceptors (Lipinski definition) is 3. The van der Waals surface area contributed by atoms with E-state index in [1.54, 1.807) is 23.9 Å². The van der Waals surface area contributed by atoms with Crippen molar-refractivity contribution in [3.8, 4) is 0 Å². The summed E-state index contributed by atoms with van der Waals surface area (Å²) in [6, 6.07) is 6.51. The number of rotatable bonds is 6. The van der Waals surface area contributed by atoms with Crippen LogP contribution in [0.1, 0.15) is 25.7 Å². The first-order valence-electron chi connectivity index (χ1n) is 6.95. The lowest BCUT2D eigenvalue weighted by Crippen LogP contribution is -2.56. The molecule has 0 bridgehead atoms. The van der Waals surface area contributed by atoms with Crippen LogP contribution in [0, 0.1) is 11.7 Å². The minimum absolute atomic E-state index is 0.215. The van der Waals surface area contributed by atoms with Crippen molar-refractivity contribution in [3.63, 3.8) is 0 Å². The van der Waals surface area contributed by atoms with E-state index in [0.29, 0.717) is 0 Å². The van der Waals surface area contributed by atoms with Crippen molar-refractivity contribution in [2.24, 2.45) is 11.7 Å². The molecule has 1 amide bonds.